The average molecular weight is 267 g/mol. The van der Waals surface area contributed by atoms with Gasteiger partial charge in [-0.15, -0.1) is 22.9 Å². The Morgan fingerprint density at radius 2 is 2.18 bits per heavy atom. The Hall–Kier alpha value is -0.990. The Balaban J connectivity index is 2.14. The molecule has 90 valence electrons. The fourth-order valence-electron chi connectivity index (χ4n) is 1.84. The van der Waals surface area contributed by atoms with Crippen LogP contribution in [0.25, 0.3) is 0 Å². The van der Waals surface area contributed by atoms with E-state index in [0.29, 0.717) is 0 Å². The van der Waals surface area contributed by atoms with Gasteiger partial charge in [0.2, 0.25) is 0 Å². The largest absolute Gasteiger partial charge is 0.496 e. The van der Waals surface area contributed by atoms with Crippen LogP contribution >= 0.6 is 22.9 Å². The van der Waals surface area contributed by atoms with Gasteiger partial charge in [-0.25, -0.2) is 0 Å². The minimum Gasteiger partial charge on any atom is -0.496 e. The number of ether oxygens (including phenoxy) is 1. The number of hydrogen-bond acceptors (Lipinski definition) is 2. The van der Waals surface area contributed by atoms with Gasteiger partial charge in [-0.1, -0.05) is 29.8 Å². The lowest BCUT2D eigenvalue weighted by molar-refractivity contribution is 0.412. The standard InChI is InChI=1S/C14H15ClOS/c1-10-4-3-5-11(8-10)9-12(15)14-13(16-2)6-7-17-14/h3-8,12H,9H2,1-2H3. The van der Waals surface area contributed by atoms with Crippen molar-refractivity contribution in [2.45, 2.75) is 18.7 Å². The van der Waals surface area contributed by atoms with Crippen LogP contribution in [0.4, 0.5) is 0 Å². The maximum absolute atomic E-state index is 6.45. The Bertz CT molecular complexity index is 492. The summed E-state index contributed by atoms with van der Waals surface area (Å²) in [7, 11) is 1.68. The van der Waals surface area contributed by atoms with E-state index in [0.717, 1.165) is 17.0 Å². The molecule has 0 saturated carbocycles. The predicted molar refractivity (Wildman–Crippen MR) is 74.3 cm³/mol. The third-order valence-corrected chi connectivity index (χ3v) is 4.17. The minimum absolute atomic E-state index is 0.0215. The van der Waals surface area contributed by atoms with Crippen LogP contribution in [-0.2, 0) is 6.42 Å². The molecule has 0 amide bonds. The Morgan fingerprint density at radius 1 is 1.35 bits per heavy atom. The van der Waals surface area contributed by atoms with E-state index in [4.69, 9.17) is 16.3 Å². The average Bonchev–Trinajstić information content (AvgIpc) is 2.77. The van der Waals surface area contributed by atoms with E-state index in [-0.39, 0.29) is 5.38 Å². The number of benzene rings is 1. The molecule has 1 aromatic carbocycles. The van der Waals surface area contributed by atoms with Crippen molar-refractivity contribution in [2.75, 3.05) is 7.11 Å². The first kappa shape index (κ1) is 12.5. The summed E-state index contributed by atoms with van der Waals surface area (Å²) in [4.78, 5) is 1.11. The van der Waals surface area contributed by atoms with Crippen LogP contribution in [0, 0.1) is 6.92 Å². The second kappa shape index (κ2) is 5.56. The van der Waals surface area contributed by atoms with Crippen molar-refractivity contribution < 1.29 is 4.74 Å². The van der Waals surface area contributed by atoms with E-state index in [9.17, 15) is 0 Å². The highest BCUT2D eigenvalue weighted by Gasteiger charge is 2.15. The summed E-state index contributed by atoms with van der Waals surface area (Å²) in [6.45, 7) is 2.10. The maximum atomic E-state index is 6.45. The lowest BCUT2D eigenvalue weighted by Gasteiger charge is -2.10. The molecule has 1 nitrogen and oxygen atoms in total. The van der Waals surface area contributed by atoms with Gasteiger partial charge in [-0.2, -0.15) is 0 Å². The van der Waals surface area contributed by atoms with Crippen LogP contribution in [0.15, 0.2) is 35.7 Å². The third-order valence-electron chi connectivity index (χ3n) is 2.66. The molecule has 0 aliphatic rings. The lowest BCUT2D eigenvalue weighted by Crippen LogP contribution is -1.96. The Labute approximate surface area is 111 Å². The molecular weight excluding hydrogens is 252 g/mol. The molecule has 0 aliphatic carbocycles. The molecule has 17 heavy (non-hydrogen) atoms. The van der Waals surface area contributed by atoms with Crippen LogP contribution in [0.5, 0.6) is 5.75 Å². The van der Waals surface area contributed by atoms with Gasteiger partial charge in [0.25, 0.3) is 0 Å². The van der Waals surface area contributed by atoms with E-state index in [1.807, 2.05) is 11.4 Å². The van der Waals surface area contributed by atoms with E-state index in [1.54, 1.807) is 18.4 Å². The first-order valence-electron chi connectivity index (χ1n) is 5.51. The van der Waals surface area contributed by atoms with E-state index in [2.05, 4.69) is 31.2 Å². The number of aryl methyl sites for hydroxylation is 1. The fourth-order valence-corrected chi connectivity index (χ4v) is 3.12. The van der Waals surface area contributed by atoms with Gasteiger partial charge >= 0.3 is 0 Å². The number of hydrogen-bond donors (Lipinski definition) is 0. The second-order valence-corrected chi connectivity index (χ2v) is 5.49. The number of halogens is 1. The van der Waals surface area contributed by atoms with E-state index < -0.39 is 0 Å². The topological polar surface area (TPSA) is 9.23 Å². The third kappa shape index (κ3) is 3.02. The zero-order chi connectivity index (χ0) is 12.3. The van der Waals surface area contributed by atoms with E-state index >= 15 is 0 Å². The summed E-state index contributed by atoms with van der Waals surface area (Å²) >= 11 is 8.10. The Morgan fingerprint density at radius 3 is 2.88 bits per heavy atom. The zero-order valence-electron chi connectivity index (χ0n) is 9.94. The van der Waals surface area contributed by atoms with Gasteiger partial charge in [-0.05, 0) is 30.4 Å². The molecule has 2 rings (SSSR count). The monoisotopic (exact) mass is 266 g/mol. The maximum Gasteiger partial charge on any atom is 0.134 e. The van der Waals surface area contributed by atoms with Crippen molar-refractivity contribution in [2.24, 2.45) is 0 Å². The molecule has 1 atom stereocenters. The van der Waals surface area contributed by atoms with Crippen molar-refractivity contribution in [3.63, 3.8) is 0 Å². The predicted octanol–water partition coefficient (Wildman–Crippen LogP) is 4.59. The number of rotatable bonds is 4. The minimum atomic E-state index is -0.0215. The molecule has 0 bridgehead atoms. The van der Waals surface area contributed by atoms with E-state index in [1.165, 1.54) is 11.1 Å². The number of thiophene rings is 1. The first-order valence-corrected chi connectivity index (χ1v) is 6.83. The quantitative estimate of drug-likeness (QED) is 0.736. The van der Waals surface area contributed by atoms with Gasteiger partial charge < -0.3 is 4.74 Å². The fraction of sp³-hybridized carbons (Fsp3) is 0.286. The number of methoxy groups -OCH3 is 1. The van der Waals surface area contributed by atoms with Gasteiger partial charge in [0.05, 0.1) is 17.4 Å². The summed E-state index contributed by atoms with van der Waals surface area (Å²) < 4.78 is 5.29. The van der Waals surface area contributed by atoms with Crippen LogP contribution in [0.3, 0.4) is 0 Å². The zero-order valence-corrected chi connectivity index (χ0v) is 11.5. The molecule has 1 unspecified atom stereocenters. The molecule has 2 aromatic rings. The van der Waals surface area contributed by atoms with Gasteiger partial charge in [0.1, 0.15) is 5.75 Å². The smallest absolute Gasteiger partial charge is 0.134 e. The molecule has 0 N–H and O–H groups in total. The normalized spacial score (nSPS) is 12.4. The van der Waals surface area contributed by atoms with Crippen LogP contribution < -0.4 is 4.74 Å². The first-order chi connectivity index (χ1) is 8.20. The molecule has 1 heterocycles. The summed E-state index contributed by atoms with van der Waals surface area (Å²) in [5.41, 5.74) is 2.53. The van der Waals surface area contributed by atoms with Crippen LogP contribution in [-0.4, -0.2) is 7.11 Å². The van der Waals surface area contributed by atoms with Crippen molar-refractivity contribution in [3.8, 4) is 5.75 Å². The highest BCUT2D eigenvalue weighted by atomic mass is 35.5. The SMILES string of the molecule is COc1ccsc1C(Cl)Cc1cccc(C)c1. The van der Waals surface area contributed by atoms with Crippen molar-refractivity contribution in [3.05, 3.63) is 51.7 Å². The lowest BCUT2D eigenvalue weighted by atomic mass is 10.1. The molecule has 0 saturated heterocycles. The molecule has 3 heteroatoms. The molecular formula is C14H15ClOS. The summed E-state index contributed by atoms with van der Waals surface area (Å²) in [5, 5.41) is 1.99. The van der Waals surface area contributed by atoms with Gasteiger partial charge in [0.15, 0.2) is 0 Å². The molecule has 1 aromatic heterocycles. The highest BCUT2D eigenvalue weighted by molar-refractivity contribution is 7.10. The van der Waals surface area contributed by atoms with Crippen LogP contribution in [0.1, 0.15) is 21.4 Å². The summed E-state index contributed by atoms with van der Waals surface area (Å²) in [6, 6.07) is 10.4. The highest BCUT2D eigenvalue weighted by Crippen LogP contribution is 2.36. The van der Waals surface area contributed by atoms with Crippen LogP contribution in [0.2, 0.25) is 0 Å². The van der Waals surface area contributed by atoms with Crippen molar-refractivity contribution in [1.29, 1.82) is 0 Å². The summed E-state index contributed by atoms with van der Waals surface area (Å²) in [6.07, 6.45) is 0.833. The molecule has 0 fully saturated rings. The Kier molecular flexibility index (Phi) is 4.08. The summed E-state index contributed by atoms with van der Waals surface area (Å²) in [5.74, 6) is 0.891. The van der Waals surface area contributed by atoms with Crippen molar-refractivity contribution >= 4 is 22.9 Å². The molecule has 0 spiro atoms. The second-order valence-electron chi connectivity index (χ2n) is 4.01. The molecule has 0 aliphatic heterocycles. The van der Waals surface area contributed by atoms with Gasteiger partial charge in [0, 0.05) is 0 Å². The van der Waals surface area contributed by atoms with Crippen molar-refractivity contribution in [1.82, 2.24) is 0 Å². The number of alkyl halides is 1. The molecule has 0 radical (unpaired) electrons. The van der Waals surface area contributed by atoms with Gasteiger partial charge in [-0.3, -0.25) is 0 Å².